The normalized spacial score (nSPS) is 9.94. The molecule has 3 nitrogen and oxygen atoms in total. The maximum atomic E-state index is 13.6. The van der Waals surface area contributed by atoms with Crippen LogP contribution in [0, 0.1) is 5.82 Å². The van der Waals surface area contributed by atoms with Gasteiger partial charge in [-0.05, 0) is 24.3 Å². The molecule has 2 N–H and O–H groups in total. The zero-order valence-corrected chi connectivity index (χ0v) is 9.01. The van der Waals surface area contributed by atoms with E-state index in [1.807, 2.05) is 6.07 Å². The molecule has 0 atom stereocenters. The number of benzene rings is 2. The summed E-state index contributed by atoms with van der Waals surface area (Å²) in [5.41, 5.74) is 5.97. The number of nitrogens with two attached hydrogens (primary N) is 1. The first-order valence-electron chi connectivity index (χ1n) is 5.09. The van der Waals surface area contributed by atoms with Gasteiger partial charge in [-0.2, -0.15) is 0 Å². The van der Waals surface area contributed by atoms with Crippen molar-refractivity contribution < 1.29 is 9.18 Å². The maximum absolute atomic E-state index is 13.6. The molecule has 0 bridgehead atoms. The van der Waals surface area contributed by atoms with Crippen molar-refractivity contribution in [1.29, 1.82) is 0 Å². The van der Waals surface area contributed by atoms with Crippen molar-refractivity contribution in [2.45, 2.75) is 0 Å². The van der Waals surface area contributed by atoms with Crippen LogP contribution >= 0.6 is 0 Å². The number of nitrogens with zero attached hydrogens (tertiary/aromatic N) is 1. The number of carbonyl (C=O) groups is 1. The average Bonchev–Trinajstić information content (AvgIpc) is 2.33. The summed E-state index contributed by atoms with van der Waals surface area (Å²) < 4.78 is 13.6. The highest BCUT2D eigenvalue weighted by Gasteiger charge is 2.17. The van der Waals surface area contributed by atoms with Crippen molar-refractivity contribution in [3.8, 4) is 0 Å². The Kier molecular flexibility index (Phi) is 3.05. The fraction of sp³-hybridized carbons (Fsp3) is 0. The predicted molar refractivity (Wildman–Crippen MR) is 64.6 cm³/mol. The highest BCUT2D eigenvalue weighted by Crippen LogP contribution is 2.26. The van der Waals surface area contributed by atoms with E-state index in [1.54, 1.807) is 36.4 Å². The molecule has 0 saturated heterocycles. The number of hydrogen-bond donors (Lipinski definition) is 1. The molecule has 0 fully saturated rings. The summed E-state index contributed by atoms with van der Waals surface area (Å²) in [5, 5.41) is 0. The first kappa shape index (κ1) is 11.1. The summed E-state index contributed by atoms with van der Waals surface area (Å²) in [6.07, 6.45) is 0. The average molecular weight is 230 g/mol. The Hall–Kier alpha value is -2.36. The first-order valence-corrected chi connectivity index (χ1v) is 5.09. The van der Waals surface area contributed by atoms with Crippen LogP contribution in [0.1, 0.15) is 0 Å². The van der Waals surface area contributed by atoms with Crippen LogP contribution in [0.3, 0.4) is 0 Å². The SMILES string of the molecule is NC(=O)N(c1ccccc1)c1ccccc1F. The number of urea groups is 1. The molecule has 0 unspecified atom stereocenters. The van der Waals surface area contributed by atoms with Crippen molar-refractivity contribution in [3.63, 3.8) is 0 Å². The van der Waals surface area contributed by atoms with Gasteiger partial charge in [0.25, 0.3) is 0 Å². The largest absolute Gasteiger partial charge is 0.351 e. The molecule has 0 aliphatic rings. The molecule has 2 amide bonds. The number of rotatable bonds is 2. The quantitative estimate of drug-likeness (QED) is 0.846. The first-order chi connectivity index (χ1) is 8.20. The number of primary amides is 1. The van der Waals surface area contributed by atoms with Gasteiger partial charge < -0.3 is 5.73 Å². The lowest BCUT2D eigenvalue weighted by atomic mass is 10.2. The Morgan fingerprint density at radius 3 is 2.18 bits per heavy atom. The van der Waals surface area contributed by atoms with Gasteiger partial charge in [0, 0.05) is 0 Å². The van der Waals surface area contributed by atoms with E-state index in [0.29, 0.717) is 5.69 Å². The molecule has 0 spiro atoms. The monoisotopic (exact) mass is 230 g/mol. The molecule has 4 heteroatoms. The Morgan fingerprint density at radius 1 is 1.00 bits per heavy atom. The van der Waals surface area contributed by atoms with Crippen LogP contribution in [0.25, 0.3) is 0 Å². The lowest BCUT2D eigenvalue weighted by molar-refractivity contribution is 0.256. The van der Waals surface area contributed by atoms with E-state index in [1.165, 1.54) is 12.1 Å². The van der Waals surface area contributed by atoms with Gasteiger partial charge in [-0.3, -0.25) is 4.90 Å². The fourth-order valence-electron chi connectivity index (χ4n) is 1.60. The molecule has 17 heavy (non-hydrogen) atoms. The highest BCUT2D eigenvalue weighted by atomic mass is 19.1. The molecule has 2 rings (SSSR count). The van der Waals surface area contributed by atoms with E-state index in [-0.39, 0.29) is 5.69 Å². The second-order valence-electron chi connectivity index (χ2n) is 3.46. The number of amides is 2. The number of anilines is 2. The summed E-state index contributed by atoms with van der Waals surface area (Å²) in [6, 6.07) is 14.0. The molecule has 0 heterocycles. The summed E-state index contributed by atoms with van der Waals surface area (Å²) in [7, 11) is 0. The molecular weight excluding hydrogens is 219 g/mol. The molecule has 0 aromatic heterocycles. The second-order valence-corrected chi connectivity index (χ2v) is 3.46. The van der Waals surface area contributed by atoms with Gasteiger partial charge in [-0.1, -0.05) is 30.3 Å². The standard InChI is InChI=1S/C13H11FN2O/c14-11-8-4-5-9-12(11)16(13(15)17)10-6-2-1-3-7-10/h1-9H,(H2,15,17). The summed E-state index contributed by atoms with van der Waals surface area (Å²) >= 11 is 0. The number of para-hydroxylation sites is 2. The van der Waals surface area contributed by atoms with E-state index in [0.717, 1.165) is 4.90 Å². The fourth-order valence-corrected chi connectivity index (χ4v) is 1.60. The van der Waals surface area contributed by atoms with Gasteiger partial charge in [-0.25, -0.2) is 9.18 Å². The van der Waals surface area contributed by atoms with Gasteiger partial charge in [0.1, 0.15) is 5.82 Å². The second kappa shape index (κ2) is 4.65. The molecular formula is C13H11FN2O. The summed E-state index contributed by atoms with van der Waals surface area (Å²) in [4.78, 5) is 12.6. The number of hydrogen-bond acceptors (Lipinski definition) is 1. The zero-order chi connectivity index (χ0) is 12.3. The van der Waals surface area contributed by atoms with Crippen molar-refractivity contribution in [2.24, 2.45) is 5.73 Å². The summed E-state index contributed by atoms with van der Waals surface area (Å²) in [6.45, 7) is 0. The minimum atomic E-state index is -0.721. The van der Waals surface area contributed by atoms with Crippen LogP contribution < -0.4 is 10.6 Å². The Balaban J connectivity index is 2.51. The molecule has 0 aliphatic heterocycles. The molecule has 0 saturated carbocycles. The smallest absolute Gasteiger partial charge is 0.323 e. The lowest BCUT2D eigenvalue weighted by Gasteiger charge is -2.20. The van der Waals surface area contributed by atoms with Crippen LogP contribution in [0.4, 0.5) is 20.6 Å². The number of carbonyl (C=O) groups excluding carboxylic acids is 1. The van der Waals surface area contributed by atoms with Crippen molar-refractivity contribution in [3.05, 3.63) is 60.4 Å². The Labute approximate surface area is 98.3 Å². The minimum absolute atomic E-state index is 0.145. The van der Waals surface area contributed by atoms with E-state index in [4.69, 9.17) is 5.73 Å². The minimum Gasteiger partial charge on any atom is -0.351 e. The number of halogens is 1. The van der Waals surface area contributed by atoms with E-state index in [9.17, 15) is 9.18 Å². The third kappa shape index (κ3) is 2.25. The van der Waals surface area contributed by atoms with Gasteiger partial charge in [-0.15, -0.1) is 0 Å². The van der Waals surface area contributed by atoms with Crippen LogP contribution in [0.5, 0.6) is 0 Å². The molecule has 2 aromatic carbocycles. The molecule has 86 valence electrons. The Morgan fingerprint density at radius 2 is 1.59 bits per heavy atom. The van der Waals surface area contributed by atoms with Crippen LogP contribution in [0.2, 0.25) is 0 Å². The van der Waals surface area contributed by atoms with Crippen molar-refractivity contribution in [2.75, 3.05) is 4.90 Å². The van der Waals surface area contributed by atoms with Crippen LogP contribution in [0.15, 0.2) is 54.6 Å². The summed E-state index contributed by atoms with van der Waals surface area (Å²) in [5.74, 6) is -0.491. The molecule has 2 aromatic rings. The maximum Gasteiger partial charge on any atom is 0.323 e. The topological polar surface area (TPSA) is 46.3 Å². The predicted octanol–water partition coefficient (Wildman–Crippen LogP) is 3.04. The molecule has 0 aliphatic carbocycles. The van der Waals surface area contributed by atoms with Crippen molar-refractivity contribution in [1.82, 2.24) is 0 Å². The van der Waals surface area contributed by atoms with Gasteiger partial charge >= 0.3 is 6.03 Å². The van der Waals surface area contributed by atoms with Gasteiger partial charge in [0.2, 0.25) is 0 Å². The third-order valence-electron chi connectivity index (χ3n) is 2.33. The third-order valence-corrected chi connectivity index (χ3v) is 2.33. The van der Waals surface area contributed by atoms with Crippen LogP contribution in [-0.2, 0) is 0 Å². The van der Waals surface area contributed by atoms with Gasteiger partial charge in [0.05, 0.1) is 11.4 Å². The highest BCUT2D eigenvalue weighted by molar-refractivity contribution is 5.98. The van der Waals surface area contributed by atoms with E-state index >= 15 is 0 Å². The zero-order valence-electron chi connectivity index (χ0n) is 9.01. The van der Waals surface area contributed by atoms with E-state index in [2.05, 4.69) is 0 Å². The van der Waals surface area contributed by atoms with Crippen LogP contribution in [-0.4, -0.2) is 6.03 Å². The van der Waals surface area contributed by atoms with E-state index < -0.39 is 11.8 Å². The van der Waals surface area contributed by atoms with Gasteiger partial charge in [0.15, 0.2) is 0 Å². The van der Waals surface area contributed by atoms with Crippen molar-refractivity contribution >= 4 is 17.4 Å². The lowest BCUT2D eigenvalue weighted by Crippen LogP contribution is -2.32. The Bertz CT molecular complexity index is 528. The molecule has 0 radical (unpaired) electrons.